The van der Waals surface area contributed by atoms with Crippen molar-refractivity contribution in [3.05, 3.63) is 71.2 Å². The number of carbonyl (C=O) groups excluding carboxylic acids is 3. The molecule has 1 aliphatic heterocycles. The smallest absolute Gasteiger partial charge is 0.424 e. The molecule has 0 bridgehead atoms. The zero-order valence-electron chi connectivity index (χ0n) is 23.7. The molecule has 0 spiro atoms. The van der Waals surface area contributed by atoms with Crippen LogP contribution in [0.4, 0.5) is 22.7 Å². The maximum atomic E-state index is 14.6. The van der Waals surface area contributed by atoms with Crippen LogP contribution in [0.2, 0.25) is 0 Å². The van der Waals surface area contributed by atoms with E-state index in [1.807, 2.05) is 0 Å². The van der Waals surface area contributed by atoms with Gasteiger partial charge in [0.05, 0.1) is 28.5 Å². The zero-order chi connectivity index (χ0) is 32.9. The molecule has 0 aliphatic carbocycles. The molecular formula is C29H26F4N6O5S. The van der Waals surface area contributed by atoms with Crippen molar-refractivity contribution >= 4 is 44.4 Å². The minimum atomic E-state index is -5.38. The lowest BCUT2D eigenvalue weighted by atomic mass is 9.81. The van der Waals surface area contributed by atoms with E-state index in [4.69, 9.17) is 16.2 Å². The summed E-state index contributed by atoms with van der Waals surface area (Å²) in [5.74, 6) is -3.00. The highest BCUT2D eigenvalue weighted by Gasteiger charge is 2.57. The number of benzene rings is 2. The summed E-state index contributed by atoms with van der Waals surface area (Å²) in [4.78, 5) is 45.6. The van der Waals surface area contributed by atoms with E-state index in [2.05, 4.69) is 20.6 Å². The van der Waals surface area contributed by atoms with E-state index in [1.165, 1.54) is 44.2 Å². The highest BCUT2D eigenvalue weighted by Crippen LogP contribution is 2.47. The number of hydrogen-bond donors (Lipinski definition) is 5. The van der Waals surface area contributed by atoms with Gasteiger partial charge in [0.1, 0.15) is 29.3 Å². The SMILES string of the molecule is C[C@@H](N)C(=O)Nc1nc2ccc(C(=O)NCC(O)(c3cc4c(c(-c5ccc(F)cc5)n3)OC[C@]4(C)C(N)=O)C(F)(F)F)cc2s1. The second kappa shape index (κ2) is 11.4. The fraction of sp³-hybridized carbons (Fsp3) is 0.276. The molecule has 11 nitrogen and oxygen atoms in total. The Bertz CT molecular complexity index is 1830. The van der Waals surface area contributed by atoms with Crippen molar-refractivity contribution in [3.8, 4) is 17.0 Å². The van der Waals surface area contributed by atoms with Crippen LogP contribution in [0.5, 0.6) is 5.75 Å². The number of hydrogen-bond acceptors (Lipinski definition) is 9. The third-order valence-electron chi connectivity index (χ3n) is 7.43. The summed E-state index contributed by atoms with van der Waals surface area (Å²) in [6, 6.07) is 8.83. The first-order valence-electron chi connectivity index (χ1n) is 13.3. The van der Waals surface area contributed by atoms with E-state index >= 15 is 0 Å². The van der Waals surface area contributed by atoms with Gasteiger partial charge in [-0.25, -0.2) is 14.4 Å². The number of pyridine rings is 1. The number of nitrogens with one attached hydrogen (secondary N) is 2. The molecule has 1 aliphatic rings. The maximum absolute atomic E-state index is 14.6. The Morgan fingerprint density at radius 2 is 1.82 bits per heavy atom. The van der Waals surface area contributed by atoms with Crippen molar-refractivity contribution in [2.75, 3.05) is 18.5 Å². The van der Waals surface area contributed by atoms with Crippen molar-refractivity contribution < 1.29 is 41.8 Å². The molecule has 7 N–H and O–H groups in total. The predicted molar refractivity (Wildman–Crippen MR) is 156 cm³/mol. The summed E-state index contributed by atoms with van der Waals surface area (Å²) in [6.45, 7) is 1.18. The predicted octanol–water partition coefficient (Wildman–Crippen LogP) is 3.10. The number of carbonyl (C=O) groups is 3. The summed E-state index contributed by atoms with van der Waals surface area (Å²) in [7, 11) is 0. The molecule has 3 heterocycles. The highest BCUT2D eigenvalue weighted by atomic mass is 32.1. The van der Waals surface area contributed by atoms with Gasteiger partial charge in [0.25, 0.3) is 5.91 Å². The molecule has 4 aromatic rings. The average molecular weight is 647 g/mol. The Morgan fingerprint density at radius 1 is 1.13 bits per heavy atom. The van der Waals surface area contributed by atoms with Gasteiger partial charge in [-0.1, -0.05) is 11.3 Å². The summed E-state index contributed by atoms with van der Waals surface area (Å²) in [5, 5.41) is 16.1. The number of aliphatic hydroxyl groups is 1. The van der Waals surface area contributed by atoms with E-state index < -0.39 is 59.0 Å². The lowest BCUT2D eigenvalue weighted by molar-refractivity contribution is -0.265. The first kappa shape index (κ1) is 31.7. The van der Waals surface area contributed by atoms with Gasteiger partial charge in [0, 0.05) is 16.7 Å². The first-order valence-corrected chi connectivity index (χ1v) is 14.1. The van der Waals surface area contributed by atoms with Crippen molar-refractivity contribution in [1.29, 1.82) is 0 Å². The largest absolute Gasteiger partial charge is 0.489 e. The van der Waals surface area contributed by atoms with Gasteiger partial charge in [0.2, 0.25) is 17.4 Å². The quantitative estimate of drug-likeness (QED) is 0.181. The number of alkyl halides is 3. The molecule has 16 heteroatoms. The summed E-state index contributed by atoms with van der Waals surface area (Å²) in [6.07, 6.45) is -5.38. The van der Waals surface area contributed by atoms with Gasteiger partial charge in [-0.2, -0.15) is 13.2 Å². The minimum absolute atomic E-state index is 0.0467. The molecule has 45 heavy (non-hydrogen) atoms. The number of fused-ring (bicyclic) bond motifs is 2. The first-order chi connectivity index (χ1) is 21.0. The minimum Gasteiger partial charge on any atom is -0.489 e. The number of anilines is 1. The molecule has 0 radical (unpaired) electrons. The summed E-state index contributed by atoms with van der Waals surface area (Å²) >= 11 is 1.02. The van der Waals surface area contributed by atoms with Crippen LogP contribution in [-0.4, -0.2) is 58.2 Å². The molecule has 0 saturated carbocycles. The molecule has 3 atom stereocenters. The highest BCUT2D eigenvalue weighted by molar-refractivity contribution is 7.22. The number of primary amides is 1. The molecule has 0 fully saturated rings. The summed E-state index contributed by atoms with van der Waals surface area (Å²) in [5.41, 5.74) is 5.11. The second-order valence-electron chi connectivity index (χ2n) is 10.7. The van der Waals surface area contributed by atoms with Crippen molar-refractivity contribution in [2.24, 2.45) is 11.5 Å². The topological polar surface area (TPSA) is 183 Å². The van der Waals surface area contributed by atoms with Gasteiger partial charge in [-0.3, -0.25) is 14.4 Å². The van der Waals surface area contributed by atoms with Crippen LogP contribution >= 0.6 is 11.3 Å². The third-order valence-corrected chi connectivity index (χ3v) is 8.36. The second-order valence-corrected chi connectivity index (χ2v) is 11.8. The Balaban J connectivity index is 1.50. The zero-order valence-corrected chi connectivity index (χ0v) is 24.5. The van der Waals surface area contributed by atoms with Crippen molar-refractivity contribution in [1.82, 2.24) is 15.3 Å². The van der Waals surface area contributed by atoms with Crippen LogP contribution < -0.4 is 26.8 Å². The van der Waals surface area contributed by atoms with Crippen molar-refractivity contribution in [3.63, 3.8) is 0 Å². The molecule has 1 unspecified atom stereocenters. The Morgan fingerprint density at radius 3 is 2.44 bits per heavy atom. The number of nitrogens with two attached hydrogens (primary N) is 2. The number of aromatic nitrogens is 2. The fourth-order valence-electron chi connectivity index (χ4n) is 4.59. The van der Waals surface area contributed by atoms with Gasteiger partial charge in [-0.15, -0.1) is 0 Å². The lowest BCUT2D eigenvalue weighted by Gasteiger charge is -2.31. The number of rotatable bonds is 8. The maximum Gasteiger partial charge on any atom is 0.424 e. The molecule has 2 aromatic carbocycles. The van der Waals surface area contributed by atoms with Gasteiger partial charge in [-0.05, 0) is 62.4 Å². The van der Waals surface area contributed by atoms with Crippen LogP contribution in [-0.2, 0) is 20.6 Å². The Labute approximate surface area is 256 Å². The van der Waals surface area contributed by atoms with Gasteiger partial charge >= 0.3 is 6.18 Å². The van der Waals surface area contributed by atoms with Crippen LogP contribution in [0.1, 0.15) is 35.5 Å². The standard InChI is InChI=1S/C29H26F4N6O5S/c1-13(34)23(40)39-26-37-18-8-5-15(9-19(18)45-26)24(41)36-11-28(43,29(31,32)33)20-10-17-22(44-12-27(17,2)25(35)42)21(38-20)14-3-6-16(30)7-4-14/h3-10,13,43H,11-12,34H2,1-2H3,(H2,35,42)(H,36,41)(H,37,39,40)/t13-,27+,28?/m1/s1. The van der Waals surface area contributed by atoms with Crippen LogP contribution in [0.3, 0.4) is 0 Å². The van der Waals surface area contributed by atoms with Crippen molar-refractivity contribution in [2.45, 2.75) is 37.1 Å². The third kappa shape index (κ3) is 5.79. The van der Waals surface area contributed by atoms with E-state index in [0.717, 1.165) is 29.5 Å². The van der Waals surface area contributed by atoms with E-state index in [-0.39, 0.29) is 39.9 Å². The molecule has 0 saturated heterocycles. The van der Waals surface area contributed by atoms with Gasteiger partial charge < -0.3 is 31.9 Å². The molecule has 5 rings (SSSR count). The summed E-state index contributed by atoms with van der Waals surface area (Å²) < 4.78 is 63.7. The van der Waals surface area contributed by atoms with E-state index in [1.54, 1.807) is 0 Å². The average Bonchev–Trinajstić information content (AvgIpc) is 3.55. The number of amides is 3. The van der Waals surface area contributed by atoms with E-state index in [9.17, 15) is 37.1 Å². The number of halogens is 4. The normalized spacial score (nSPS) is 18.0. The lowest BCUT2D eigenvalue weighted by Crippen LogP contribution is -2.51. The number of thiazole rings is 1. The Hall–Kier alpha value is -4.67. The monoisotopic (exact) mass is 646 g/mol. The van der Waals surface area contributed by atoms with Gasteiger partial charge in [0.15, 0.2) is 5.13 Å². The van der Waals surface area contributed by atoms with Crippen LogP contribution in [0.15, 0.2) is 48.5 Å². The Kier molecular flexibility index (Phi) is 8.01. The fourth-order valence-corrected chi connectivity index (χ4v) is 5.50. The molecule has 3 amide bonds. The van der Waals surface area contributed by atoms with Crippen LogP contribution in [0, 0.1) is 5.82 Å². The number of nitrogens with zero attached hydrogens (tertiary/aromatic N) is 2. The molecule has 2 aromatic heterocycles. The molecular weight excluding hydrogens is 620 g/mol. The van der Waals surface area contributed by atoms with Crippen LogP contribution in [0.25, 0.3) is 21.5 Å². The molecule has 236 valence electrons. The number of ether oxygens (including phenoxy) is 1. The van der Waals surface area contributed by atoms with E-state index in [0.29, 0.717) is 10.2 Å².